The third kappa shape index (κ3) is 3.92. The van der Waals surface area contributed by atoms with Crippen LogP contribution in [-0.2, 0) is 27.6 Å². The first kappa shape index (κ1) is 18.8. The predicted molar refractivity (Wildman–Crippen MR) is 99.3 cm³/mol. The molecule has 1 aromatic carbocycles. The van der Waals surface area contributed by atoms with Gasteiger partial charge in [-0.25, -0.2) is 8.42 Å². The molecule has 1 aromatic rings. The zero-order valence-electron chi connectivity index (χ0n) is 15.6. The monoisotopic (exact) mass is 366 g/mol. The van der Waals surface area contributed by atoms with E-state index in [9.17, 15) is 8.42 Å². The van der Waals surface area contributed by atoms with Gasteiger partial charge in [-0.15, -0.1) is 0 Å². The molecule has 0 saturated carbocycles. The lowest BCUT2D eigenvalue weighted by atomic mass is 9.92. The van der Waals surface area contributed by atoms with Gasteiger partial charge in [0.25, 0.3) is 0 Å². The molecule has 25 heavy (non-hydrogen) atoms. The van der Waals surface area contributed by atoms with E-state index in [4.69, 9.17) is 4.74 Å². The Morgan fingerprint density at radius 2 is 1.72 bits per heavy atom. The standard InChI is InChI=1S/C19H30N2O3S/c1-15-13-20(14-16(2)21(15)10-11-24-3)25(22,23)19-9-8-17-6-4-5-7-18(17)12-19/h8-9,12,15-16H,4-7,10-11,13-14H2,1-3H3. The van der Waals surface area contributed by atoms with Crippen LogP contribution in [0.4, 0.5) is 0 Å². The fraction of sp³-hybridized carbons (Fsp3) is 0.684. The molecule has 0 radical (unpaired) electrons. The van der Waals surface area contributed by atoms with Crippen molar-refractivity contribution in [1.82, 2.24) is 9.21 Å². The van der Waals surface area contributed by atoms with Crippen LogP contribution in [0.25, 0.3) is 0 Å². The second-order valence-electron chi connectivity index (χ2n) is 7.39. The number of aryl methyl sites for hydroxylation is 2. The number of nitrogens with zero attached hydrogens (tertiary/aromatic N) is 2. The normalized spacial score (nSPS) is 25.7. The first-order valence-electron chi connectivity index (χ1n) is 9.30. The van der Waals surface area contributed by atoms with Gasteiger partial charge in [0.2, 0.25) is 10.0 Å². The Kier molecular flexibility index (Phi) is 5.83. The summed E-state index contributed by atoms with van der Waals surface area (Å²) in [7, 11) is -1.73. The van der Waals surface area contributed by atoms with E-state index in [2.05, 4.69) is 18.7 Å². The molecule has 5 nitrogen and oxygen atoms in total. The van der Waals surface area contributed by atoms with Gasteiger partial charge in [-0.1, -0.05) is 6.07 Å². The van der Waals surface area contributed by atoms with Gasteiger partial charge in [-0.3, -0.25) is 4.90 Å². The van der Waals surface area contributed by atoms with Crippen LogP contribution in [0.1, 0.15) is 37.8 Å². The molecule has 1 heterocycles. The number of fused-ring (bicyclic) bond motifs is 1. The van der Waals surface area contributed by atoms with E-state index in [1.54, 1.807) is 17.5 Å². The van der Waals surface area contributed by atoms with E-state index in [1.165, 1.54) is 17.5 Å². The summed E-state index contributed by atoms with van der Waals surface area (Å²) in [6.07, 6.45) is 4.43. The summed E-state index contributed by atoms with van der Waals surface area (Å²) in [5.74, 6) is 0. The van der Waals surface area contributed by atoms with Crippen molar-refractivity contribution in [3.63, 3.8) is 0 Å². The van der Waals surface area contributed by atoms with Crippen molar-refractivity contribution in [2.24, 2.45) is 0 Å². The number of hydrogen-bond acceptors (Lipinski definition) is 4. The number of ether oxygens (including phenoxy) is 1. The third-order valence-electron chi connectivity index (χ3n) is 5.58. The summed E-state index contributed by atoms with van der Waals surface area (Å²) >= 11 is 0. The van der Waals surface area contributed by atoms with Crippen molar-refractivity contribution in [1.29, 1.82) is 0 Å². The maximum Gasteiger partial charge on any atom is 0.243 e. The second-order valence-corrected chi connectivity index (χ2v) is 9.33. The molecule has 0 spiro atoms. The maximum atomic E-state index is 13.2. The van der Waals surface area contributed by atoms with Crippen molar-refractivity contribution in [2.45, 2.75) is 56.5 Å². The minimum Gasteiger partial charge on any atom is -0.383 e. The Morgan fingerprint density at radius 3 is 2.36 bits per heavy atom. The van der Waals surface area contributed by atoms with E-state index in [0.29, 0.717) is 24.6 Å². The molecular weight excluding hydrogens is 336 g/mol. The number of piperazine rings is 1. The van der Waals surface area contributed by atoms with Gasteiger partial charge in [-0.05, 0) is 62.8 Å². The van der Waals surface area contributed by atoms with Crippen molar-refractivity contribution in [2.75, 3.05) is 33.4 Å². The van der Waals surface area contributed by atoms with Gasteiger partial charge < -0.3 is 4.74 Å². The fourth-order valence-corrected chi connectivity index (χ4v) is 5.81. The van der Waals surface area contributed by atoms with Crippen LogP contribution in [0, 0.1) is 0 Å². The molecule has 2 aliphatic rings. The lowest BCUT2D eigenvalue weighted by Gasteiger charge is -2.43. The molecule has 1 fully saturated rings. The number of rotatable bonds is 5. The number of hydrogen-bond donors (Lipinski definition) is 0. The Morgan fingerprint density at radius 1 is 1.08 bits per heavy atom. The van der Waals surface area contributed by atoms with E-state index < -0.39 is 10.0 Å². The summed E-state index contributed by atoms with van der Waals surface area (Å²) in [5, 5.41) is 0. The highest BCUT2D eigenvalue weighted by Crippen LogP contribution is 2.27. The highest BCUT2D eigenvalue weighted by atomic mass is 32.2. The lowest BCUT2D eigenvalue weighted by Crippen LogP contribution is -2.58. The molecule has 0 bridgehead atoms. The molecule has 0 amide bonds. The first-order valence-corrected chi connectivity index (χ1v) is 10.7. The largest absolute Gasteiger partial charge is 0.383 e. The molecule has 0 N–H and O–H groups in total. The van der Waals surface area contributed by atoms with Crippen LogP contribution < -0.4 is 0 Å². The van der Waals surface area contributed by atoms with Crippen LogP contribution in [0.15, 0.2) is 23.1 Å². The molecule has 2 atom stereocenters. The van der Waals surface area contributed by atoms with E-state index in [-0.39, 0.29) is 12.1 Å². The van der Waals surface area contributed by atoms with Gasteiger partial charge in [0, 0.05) is 38.8 Å². The zero-order chi connectivity index (χ0) is 18.0. The summed E-state index contributed by atoms with van der Waals surface area (Å²) in [6.45, 7) is 6.78. The average molecular weight is 367 g/mol. The number of benzene rings is 1. The Balaban J connectivity index is 1.79. The van der Waals surface area contributed by atoms with Crippen LogP contribution in [-0.4, -0.2) is 63.1 Å². The molecule has 2 unspecified atom stereocenters. The minimum atomic E-state index is -3.43. The maximum absolute atomic E-state index is 13.2. The first-order chi connectivity index (χ1) is 11.9. The van der Waals surface area contributed by atoms with Crippen molar-refractivity contribution >= 4 is 10.0 Å². The number of methoxy groups -OCH3 is 1. The minimum absolute atomic E-state index is 0.186. The summed E-state index contributed by atoms with van der Waals surface area (Å²) < 4.78 is 33.2. The topological polar surface area (TPSA) is 49.9 Å². The second kappa shape index (κ2) is 7.74. The van der Waals surface area contributed by atoms with Crippen LogP contribution in [0.2, 0.25) is 0 Å². The Hall–Kier alpha value is -0.950. The van der Waals surface area contributed by atoms with Crippen LogP contribution in [0.3, 0.4) is 0 Å². The van der Waals surface area contributed by atoms with Gasteiger partial charge >= 0.3 is 0 Å². The molecule has 1 aliphatic heterocycles. The van der Waals surface area contributed by atoms with E-state index >= 15 is 0 Å². The van der Waals surface area contributed by atoms with Gasteiger partial charge in [0.1, 0.15) is 0 Å². The Bertz CT molecular complexity index is 693. The molecule has 3 rings (SSSR count). The van der Waals surface area contributed by atoms with Crippen molar-refractivity contribution in [3.8, 4) is 0 Å². The summed E-state index contributed by atoms with van der Waals surface area (Å²) in [4.78, 5) is 2.79. The zero-order valence-corrected chi connectivity index (χ0v) is 16.4. The van der Waals surface area contributed by atoms with Gasteiger partial charge in [0.15, 0.2) is 0 Å². The van der Waals surface area contributed by atoms with Crippen molar-refractivity contribution < 1.29 is 13.2 Å². The van der Waals surface area contributed by atoms with Crippen molar-refractivity contribution in [3.05, 3.63) is 29.3 Å². The SMILES string of the molecule is COCCN1C(C)CN(S(=O)(=O)c2ccc3c(c2)CCCC3)CC1C. The summed E-state index contributed by atoms with van der Waals surface area (Å²) in [5.41, 5.74) is 2.53. The average Bonchev–Trinajstić information content (AvgIpc) is 2.60. The van der Waals surface area contributed by atoms with Gasteiger partial charge in [-0.2, -0.15) is 4.31 Å². The van der Waals surface area contributed by atoms with E-state index in [1.807, 2.05) is 12.1 Å². The van der Waals surface area contributed by atoms with E-state index in [0.717, 1.165) is 25.8 Å². The lowest BCUT2D eigenvalue weighted by molar-refractivity contribution is 0.0496. The third-order valence-corrected chi connectivity index (χ3v) is 7.41. The smallest absolute Gasteiger partial charge is 0.243 e. The molecule has 0 aromatic heterocycles. The quantitative estimate of drug-likeness (QED) is 0.802. The Labute approximate surface area is 152 Å². The van der Waals surface area contributed by atoms with Gasteiger partial charge in [0.05, 0.1) is 11.5 Å². The highest BCUT2D eigenvalue weighted by Gasteiger charge is 2.36. The molecular formula is C19H30N2O3S. The molecule has 140 valence electrons. The predicted octanol–water partition coefficient (Wildman–Crippen LogP) is 2.30. The number of sulfonamides is 1. The molecule has 1 saturated heterocycles. The molecule has 1 aliphatic carbocycles. The summed E-state index contributed by atoms with van der Waals surface area (Å²) in [6, 6.07) is 6.10. The highest BCUT2D eigenvalue weighted by molar-refractivity contribution is 7.89. The molecule has 6 heteroatoms. The van der Waals surface area contributed by atoms with Crippen LogP contribution >= 0.6 is 0 Å². The van der Waals surface area contributed by atoms with Crippen LogP contribution in [0.5, 0.6) is 0 Å². The fourth-order valence-electron chi connectivity index (χ4n) is 4.16.